The van der Waals surface area contributed by atoms with Gasteiger partial charge in [-0.1, -0.05) is 0 Å². The van der Waals surface area contributed by atoms with Gasteiger partial charge in [-0.3, -0.25) is 0 Å². The Balaban J connectivity index is -0.0000000356. The zero-order chi connectivity index (χ0) is 10.8. The summed E-state index contributed by atoms with van der Waals surface area (Å²) >= 11 is -8.00. The number of hydrogen-bond donors (Lipinski definition) is 0. The Hall–Kier alpha value is 1.26. The van der Waals surface area contributed by atoms with Gasteiger partial charge in [-0.25, -0.2) is 0 Å². The van der Waals surface area contributed by atoms with Gasteiger partial charge in [0, 0.05) is 0 Å². The van der Waals surface area contributed by atoms with Crippen LogP contribution in [0.3, 0.4) is 0 Å². The van der Waals surface area contributed by atoms with Crippen LogP contribution in [-0.4, -0.2) is 0 Å². The summed E-state index contributed by atoms with van der Waals surface area (Å²) in [5.41, 5.74) is 0. The molecule has 12 heavy (non-hydrogen) atoms. The van der Waals surface area contributed by atoms with Crippen LogP contribution in [0.2, 0.25) is 0 Å². The Morgan fingerprint density at radius 3 is 0.333 bits per heavy atom. The van der Waals surface area contributed by atoms with Crippen molar-refractivity contribution in [3.05, 3.63) is 0 Å². The van der Waals surface area contributed by atoms with Crippen LogP contribution in [0.5, 0.6) is 0 Å². The van der Waals surface area contributed by atoms with E-state index in [1.54, 1.807) is 0 Å². The van der Waals surface area contributed by atoms with E-state index in [1.165, 1.54) is 0 Å². The zero-order valence-electron chi connectivity index (χ0n) is 5.27. The van der Waals surface area contributed by atoms with E-state index in [1.807, 2.05) is 0 Å². The molecule has 8 nitrogen and oxygen atoms in total. The Bertz CT molecular complexity index is 143. The predicted octanol–water partition coefficient (Wildman–Crippen LogP) is -0.960. The molecule has 0 aliphatic heterocycles. The molecule has 0 aromatic heterocycles. The molecule has 0 atom stereocenters. The van der Waals surface area contributed by atoms with Gasteiger partial charge in [-0.05, 0) is 0 Å². The van der Waals surface area contributed by atoms with Crippen LogP contribution < -0.4 is 0 Å². The maximum absolute atomic E-state index is 8.50. The fourth-order valence-electron chi connectivity index (χ4n) is 0. The minimum absolute atomic E-state index is 2.00. The van der Waals surface area contributed by atoms with Gasteiger partial charge in [0.2, 0.25) is 0 Å². The standard InChI is InChI=1S/8O.4Ti. The van der Waals surface area contributed by atoms with Crippen LogP contribution in [0.4, 0.5) is 0 Å². The summed E-state index contributed by atoms with van der Waals surface area (Å²) in [6.45, 7) is 0. The third-order valence-corrected chi connectivity index (χ3v) is 0. The second-order valence-corrected chi connectivity index (χ2v) is 1.37. The van der Waals surface area contributed by atoms with Crippen molar-refractivity contribution in [3.8, 4) is 0 Å². The molecule has 0 amide bonds. The van der Waals surface area contributed by atoms with E-state index < -0.39 is 76.4 Å². The van der Waals surface area contributed by atoms with E-state index in [0.29, 0.717) is 0 Å². The Morgan fingerprint density at radius 1 is 0.333 bits per heavy atom. The van der Waals surface area contributed by atoms with Crippen molar-refractivity contribution in [2.24, 2.45) is 0 Å². The molecule has 0 bridgehead atoms. The van der Waals surface area contributed by atoms with Crippen molar-refractivity contribution in [1.82, 2.24) is 0 Å². The molecular weight excluding hydrogens is 319 g/mol. The Morgan fingerprint density at radius 2 is 0.333 bits per heavy atom. The molecule has 64 valence electrons. The normalized spacial score (nSPS) is 2.67. The van der Waals surface area contributed by atoms with Gasteiger partial charge >= 0.3 is 103 Å². The average molecular weight is 319 g/mol. The summed E-state index contributed by atoms with van der Waals surface area (Å²) in [6.07, 6.45) is 0. The molecule has 0 aliphatic rings. The molecule has 0 N–H and O–H groups in total. The summed E-state index contributed by atoms with van der Waals surface area (Å²) in [5, 5.41) is 0. The third kappa shape index (κ3) is 749. The second kappa shape index (κ2) is 56.2. The summed E-state index contributed by atoms with van der Waals surface area (Å²) in [6, 6.07) is 0. The van der Waals surface area contributed by atoms with Gasteiger partial charge in [0.1, 0.15) is 0 Å². The zero-order valence-corrected chi connectivity index (χ0v) is 11.5. The van der Waals surface area contributed by atoms with Crippen LogP contribution in [0, 0.1) is 0 Å². The second-order valence-electron chi connectivity index (χ2n) is 0.333. The molecule has 0 rings (SSSR count). The molecule has 0 spiro atoms. The molecule has 0 saturated carbocycles. The molecular formula is O8Ti4. The van der Waals surface area contributed by atoms with Crippen molar-refractivity contribution < 1.29 is 103 Å². The van der Waals surface area contributed by atoms with E-state index >= 15 is 0 Å². The first kappa shape index (κ1) is 23.2. The Kier molecular flexibility index (Phi) is 109. The van der Waals surface area contributed by atoms with E-state index in [4.69, 9.17) is 26.6 Å². The van der Waals surface area contributed by atoms with Gasteiger partial charge in [-0.15, -0.1) is 0 Å². The fraction of sp³-hybridized carbons (Fsp3) is 0. The summed E-state index contributed by atoms with van der Waals surface area (Å²) in [7, 11) is 0. The van der Waals surface area contributed by atoms with E-state index in [-0.39, 0.29) is 0 Å². The van der Waals surface area contributed by atoms with Gasteiger partial charge < -0.3 is 0 Å². The van der Waals surface area contributed by atoms with Crippen LogP contribution >= 0.6 is 0 Å². The molecule has 0 saturated heterocycles. The first-order valence-corrected chi connectivity index (χ1v) is 6.73. The van der Waals surface area contributed by atoms with Crippen LogP contribution in [0.1, 0.15) is 0 Å². The molecule has 12 heteroatoms. The van der Waals surface area contributed by atoms with Crippen LogP contribution in [-0.2, 0) is 103 Å². The van der Waals surface area contributed by atoms with E-state index in [0.717, 1.165) is 0 Å². The van der Waals surface area contributed by atoms with Gasteiger partial charge in [0.05, 0.1) is 0 Å². The van der Waals surface area contributed by atoms with Gasteiger partial charge in [0.15, 0.2) is 0 Å². The summed E-state index contributed by atoms with van der Waals surface area (Å²) in [4.78, 5) is 0. The minimum atomic E-state index is -2.00. The number of rotatable bonds is 0. The SMILES string of the molecule is [O]=[Ti]=[O].[O]=[Ti]=[O].[O]=[Ti]=[O].[O]=[Ti]=[O]. The molecule has 0 unspecified atom stereocenters. The topological polar surface area (TPSA) is 137 Å². The molecule has 0 aromatic rings. The van der Waals surface area contributed by atoms with E-state index in [9.17, 15) is 0 Å². The van der Waals surface area contributed by atoms with Crippen LogP contribution in [0.15, 0.2) is 0 Å². The van der Waals surface area contributed by atoms with Crippen molar-refractivity contribution >= 4 is 0 Å². The monoisotopic (exact) mass is 320 g/mol. The van der Waals surface area contributed by atoms with Crippen molar-refractivity contribution in [1.29, 1.82) is 0 Å². The predicted molar refractivity (Wildman–Crippen MR) is 5.49 cm³/mol. The molecule has 0 radical (unpaired) electrons. The van der Waals surface area contributed by atoms with Gasteiger partial charge in [0.25, 0.3) is 0 Å². The Labute approximate surface area is 102 Å². The third-order valence-electron chi connectivity index (χ3n) is 0. The van der Waals surface area contributed by atoms with Gasteiger partial charge in [-0.2, -0.15) is 0 Å². The van der Waals surface area contributed by atoms with Crippen molar-refractivity contribution in [3.63, 3.8) is 0 Å². The maximum atomic E-state index is 8.50. The molecule has 0 fully saturated rings. The van der Waals surface area contributed by atoms with Crippen LogP contribution in [0.25, 0.3) is 0 Å². The molecule has 0 aromatic carbocycles. The van der Waals surface area contributed by atoms with Crippen molar-refractivity contribution in [2.45, 2.75) is 0 Å². The first-order chi connectivity index (χ1) is 5.66. The van der Waals surface area contributed by atoms with E-state index in [2.05, 4.69) is 0 Å². The quantitative estimate of drug-likeness (QED) is 0.520. The number of hydrogen-bond acceptors (Lipinski definition) is 8. The molecule has 0 heterocycles. The molecule has 0 aliphatic carbocycles. The van der Waals surface area contributed by atoms with Crippen molar-refractivity contribution in [2.75, 3.05) is 0 Å². The first-order valence-electron chi connectivity index (χ1n) is 1.63. The summed E-state index contributed by atoms with van der Waals surface area (Å²) in [5.74, 6) is 0. The average Bonchev–Trinajstić information content (AvgIpc) is 1.92. The summed E-state index contributed by atoms with van der Waals surface area (Å²) < 4.78 is 68.0. The fourth-order valence-corrected chi connectivity index (χ4v) is 0.